The summed E-state index contributed by atoms with van der Waals surface area (Å²) in [6.07, 6.45) is 7.74. The van der Waals surface area contributed by atoms with Crippen molar-refractivity contribution in [2.45, 2.75) is 52.5 Å². The molecule has 1 fully saturated rings. The molecule has 1 aliphatic carbocycles. The Morgan fingerprint density at radius 3 is 2.89 bits per heavy atom. The van der Waals surface area contributed by atoms with E-state index < -0.39 is 0 Å². The maximum absolute atomic E-state index is 14.1. The summed E-state index contributed by atoms with van der Waals surface area (Å²) in [4.78, 5) is 3.87. The van der Waals surface area contributed by atoms with Crippen molar-refractivity contribution in [2.24, 2.45) is 11.3 Å². The lowest BCUT2D eigenvalue weighted by Crippen LogP contribution is -2.35. The van der Waals surface area contributed by atoms with Gasteiger partial charge < -0.3 is 5.32 Å². The summed E-state index contributed by atoms with van der Waals surface area (Å²) in [5.41, 5.74) is 1.06. The van der Waals surface area contributed by atoms with Crippen molar-refractivity contribution in [3.63, 3.8) is 0 Å². The number of hydrogen-bond donors (Lipinski definition) is 1. The van der Waals surface area contributed by atoms with Crippen LogP contribution in [0, 0.1) is 17.2 Å². The predicted molar refractivity (Wildman–Crippen MR) is 76.4 cm³/mol. The Morgan fingerprint density at radius 1 is 1.53 bits per heavy atom. The highest BCUT2D eigenvalue weighted by molar-refractivity contribution is 5.20. The van der Waals surface area contributed by atoms with Gasteiger partial charge in [0, 0.05) is 17.8 Å². The second-order valence-corrected chi connectivity index (χ2v) is 6.32. The summed E-state index contributed by atoms with van der Waals surface area (Å²) < 4.78 is 14.1. The first-order valence-electron chi connectivity index (χ1n) is 7.39. The minimum Gasteiger partial charge on any atom is -0.310 e. The predicted octanol–water partition coefficient (Wildman–Crippen LogP) is 4.09. The summed E-state index contributed by atoms with van der Waals surface area (Å²) in [6, 6.07) is 1.94. The molecule has 0 aromatic carbocycles. The third-order valence-electron chi connectivity index (χ3n) is 4.50. The zero-order chi connectivity index (χ0) is 13.9. The minimum atomic E-state index is -0.182. The first kappa shape index (κ1) is 14.4. The highest BCUT2D eigenvalue weighted by Gasteiger charge is 2.40. The van der Waals surface area contributed by atoms with Crippen molar-refractivity contribution in [1.82, 2.24) is 10.3 Å². The third kappa shape index (κ3) is 3.14. The number of aromatic nitrogens is 1. The number of pyridine rings is 1. The molecule has 106 valence electrons. The van der Waals surface area contributed by atoms with E-state index in [1.54, 1.807) is 6.20 Å². The van der Waals surface area contributed by atoms with Gasteiger partial charge >= 0.3 is 0 Å². The molecule has 3 heteroatoms. The largest absolute Gasteiger partial charge is 0.310 e. The van der Waals surface area contributed by atoms with Crippen LogP contribution in [0.2, 0.25) is 0 Å². The normalized spacial score (nSPS) is 23.5. The maximum Gasteiger partial charge on any atom is 0.146 e. The molecule has 0 spiro atoms. The van der Waals surface area contributed by atoms with E-state index in [1.807, 2.05) is 6.07 Å². The van der Waals surface area contributed by atoms with Crippen LogP contribution in [-0.2, 0) is 0 Å². The Labute approximate surface area is 115 Å². The fourth-order valence-corrected chi connectivity index (χ4v) is 3.38. The summed E-state index contributed by atoms with van der Waals surface area (Å²) in [5.74, 6) is 0.315. The van der Waals surface area contributed by atoms with Gasteiger partial charge in [0.2, 0.25) is 0 Å². The molecule has 2 unspecified atom stereocenters. The Kier molecular flexibility index (Phi) is 4.56. The molecular weight excluding hydrogens is 239 g/mol. The van der Waals surface area contributed by atoms with Gasteiger partial charge in [-0.2, -0.15) is 0 Å². The van der Waals surface area contributed by atoms with Crippen LogP contribution in [0.4, 0.5) is 4.39 Å². The molecule has 2 atom stereocenters. The molecule has 0 aliphatic heterocycles. The van der Waals surface area contributed by atoms with E-state index in [1.165, 1.54) is 25.5 Å². The second-order valence-electron chi connectivity index (χ2n) is 6.32. The topological polar surface area (TPSA) is 24.9 Å². The first-order chi connectivity index (χ1) is 9.06. The van der Waals surface area contributed by atoms with Gasteiger partial charge in [0.15, 0.2) is 0 Å². The lowest BCUT2D eigenvalue weighted by Gasteiger charge is -2.35. The van der Waals surface area contributed by atoms with E-state index >= 15 is 0 Å². The molecule has 0 amide bonds. The molecule has 1 aliphatic rings. The van der Waals surface area contributed by atoms with Crippen molar-refractivity contribution in [1.29, 1.82) is 0 Å². The molecule has 1 heterocycles. The molecule has 19 heavy (non-hydrogen) atoms. The van der Waals surface area contributed by atoms with Crippen LogP contribution in [-0.4, -0.2) is 11.5 Å². The molecule has 0 bridgehead atoms. The average Bonchev–Trinajstić information content (AvgIpc) is 2.72. The highest BCUT2D eigenvalue weighted by Crippen LogP contribution is 2.48. The Bertz CT molecular complexity index is 417. The molecule has 1 N–H and O–H groups in total. The standard InChI is InChI=1S/C16H25FN2/c1-4-9-19-15(12-7-10-18-11-14(12)17)13-6-5-8-16(13,2)3/h7,10-11,13,15,19H,4-6,8-9H2,1-3H3. The first-order valence-corrected chi connectivity index (χ1v) is 7.39. The van der Waals surface area contributed by atoms with Crippen LogP contribution in [0.3, 0.4) is 0 Å². The highest BCUT2D eigenvalue weighted by atomic mass is 19.1. The lowest BCUT2D eigenvalue weighted by molar-refractivity contribution is 0.195. The molecule has 0 saturated heterocycles. The van der Waals surface area contributed by atoms with Crippen LogP contribution >= 0.6 is 0 Å². The summed E-state index contributed by atoms with van der Waals surface area (Å²) >= 11 is 0. The van der Waals surface area contributed by atoms with Crippen molar-refractivity contribution in [3.05, 3.63) is 29.8 Å². The Balaban J connectivity index is 2.28. The summed E-state index contributed by atoms with van der Waals surface area (Å²) in [6.45, 7) is 7.69. The number of nitrogens with zero attached hydrogens (tertiary/aromatic N) is 1. The van der Waals surface area contributed by atoms with Crippen molar-refractivity contribution < 1.29 is 4.39 Å². The number of halogens is 1. The third-order valence-corrected chi connectivity index (χ3v) is 4.50. The number of rotatable bonds is 5. The molecule has 1 saturated carbocycles. The fourth-order valence-electron chi connectivity index (χ4n) is 3.38. The second kappa shape index (κ2) is 6.00. The van der Waals surface area contributed by atoms with Crippen molar-refractivity contribution in [2.75, 3.05) is 6.54 Å². The monoisotopic (exact) mass is 264 g/mol. The van der Waals surface area contributed by atoms with E-state index in [0.29, 0.717) is 5.92 Å². The van der Waals surface area contributed by atoms with E-state index in [2.05, 4.69) is 31.1 Å². The van der Waals surface area contributed by atoms with E-state index in [9.17, 15) is 4.39 Å². The number of nitrogens with one attached hydrogen (secondary N) is 1. The van der Waals surface area contributed by atoms with Crippen LogP contribution in [0.15, 0.2) is 18.5 Å². The molecule has 1 aromatic rings. The fraction of sp³-hybridized carbons (Fsp3) is 0.688. The van der Waals surface area contributed by atoms with Crippen LogP contribution in [0.5, 0.6) is 0 Å². The van der Waals surface area contributed by atoms with Crippen LogP contribution < -0.4 is 5.32 Å². The molecule has 1 aromatic heterocycles. The van der Waals surface area contributed by atoms with Gasteiger partial charge in [-0.05, 0) is 43.2 Å². The summed E-state index contributed by atoms with van der Waals surface area (Å²) in [5, 5.41) is 3.56. The quantitative estimate of drug-likeness (QED) is 0.866. The van der Waals surface area contributed by atoms with E-state index in [0.717, 1.165) is 18.5 Å². The number of hydrogen-bond acceptors (Lipinski definition) is 2. The van der Waals surface area contributed by atoms with Gasteiger partial charge in [-0.25, -0.2) is 4.39 Å². The van der Waals surface area contributed by atoms with Gasteiger partial charge in [-0.15, -0.1) is 0 Å². The molecule has 2 nitrogen and oxygen atoms in total. The maximum atomic E-state index is 14.1. The van der Waals surface area contributed by atoms with E-state index in [4.69, 9.17) is 0 Å². The van der Waals surface area contributed by atoms with Crippen molar-refractivity contribution in [3.8, 4) is 0 Å². The SMILES string of the molecule is CCCNC(c1ccncc1F)C1CCCC1(C)C. The molecular formula is C16H25FN2. The molecule has 2 rings (SSSR count). The van der Waals surface area contributed by atoms with Crippen LogP contribution in [0.25, 0.3) is 0 Å². The van der Waals surface area contributed by atoms with Gasteiger partial charge in [0.1, 0.15) is 5.82 Å². The van der Waals surface area contributed by atoms with Gasteiger partial charge in [0.05, 0.1) is 6.20 Å². The zero-order valence-corrected chi connectivity index (χ0v) is 12.2. The minimum absolute atomic E-state index is 0.112. The van der Waals surface area contributed by atoms with Gasteiger partial charge in [-0.3, -0.25) is 4.98 Å². The van der Waals surface area contributed by atoms with Gasteiger partial charge in [0.25, 0.3) is 0 Å². The van der Waals surface area contributed by atoms with Gasteiger partial charge in [-0.1, -0.05) is 27.2 Å². The zero-order valence-electron chi connectivity index (χ0n) is 12.2. The average molecular weight is 264 g/mol. The van der Waals surface area contributed by atoms with Crippen LogP contribution in [0.1, 0.15) is 58.1 Å². The van der Waals surface area contributed by atoms with E-state index in [-0.39, 0.29) is 17.3 Å². The summed E-state index contributed by atoms with van der Waals surface area (Å²) in [7, 11) is 0. The Hall–Kier alpha value is -0.960. The Morgan fingerprint density at radius 2 is 2.32 bits per heavy atom. The smallest absolute Gasteiger partial charge is 0.146 e. The molecule has 0 radical (unpaired) electrons. The van der Waals surface area contributed by atoms with Crippen molar-refractivity contribution >= 4 is 0 Å². The lowest BCUT2D eigenvalue weighted by atomic mass is 9.75.